The van der Waals surface area contributed by atoms with E-state index in [-0.39, 0.29) is 0 Å². The predicted molar refractivity (Wildman–Crippen MR) is 92.6 cm³/mol. The van der Waals surface area contributed by atoms with Crippen LogP contribution in [0, 0.1) is 0 Å². The second-order valence-electron chi connectivity index (χ2n) is 4.87. The van der Waals surface area contributed by atoms with Crippen molar-refractivity contribution in [2.45, 2.75) is 0 Å². The second kappa shape index (κ2) is 7.92. The lowest BCUT2D eigenvalue weighted by Gasteiger charge is -2.11. The molecule has 4 N–H and O–H groups in total. The van der Waals surface area contributed by atoms with Gasteiger partial charge in [0.2, 0.25) is 5.13 Å². The first kappa shape index (κ1) is 15.7. The lowest BCUT2D eigenvalue weighted by Crippen LogP contribution is -3.06. The average molecular weight is 322 g/mol. The Morgan fingerprint density at radius 1 is 1.29 bits per heavy atom. The molecular formula is C14H20N5S2+. The summed E-state index contributed by atoms with van der Waals surface area (Å²) in [7, 11) is 4.22. The van der Waals surface area contributed by atoms with Crippen LogP contribution >= 0.6 is 23.6 Å². The van der Waals surface area contributed by atoms with Crippen molar-refractivity contribution in [1.82, 2.24) is 15.7 Å². The van der Waals surface area contributed by atoms with E-state index >= 15 is 0 Å². The third kappa shape index (κ3) is 5.30. The van der Waals surface area contributed by atoms with Gasteiger partial charge in [0.15, 0.2) is 5.11 Å². The highest BCUT2D eigenvalue weighted by atomic mass is 32.1. The quantitative estimate of drug-likeness (QED) is 0.467. The first-order valence-corrected chi connectivity index (χ1v) is 8.04. The van der Waals surface area contributed by atoms with Crippen LogP contribution in [0.15, 0.2) is 35.7 Å². The molecule has 0 fully saturated rings. The van der Waals surface area contributed by atoms with Crippen LogP contribution < -0.4 is 21.1 Å². The van der Waals surface area contributed by atoms with E-state index in [1.807, 2.05) is 35.7 Å². The number of thiazole rings is 1. The summed E-state index contributed by atoms with van der Waals surface area (Å²) in [5, 5.41) is 6.52. The first-order chi connectivity index (χ1) is 10.1. The van der Waals surface area contributed by atoms with Crippen LogP contribution in [0.25, 0.3) is 11.3 Å². The van der Waals surface area contributed by atoms with Gasteiger partial charge in [-0.3, -0.25) is 10.9 Å². The third-order valence-corrected chi connectivity index (χ3v) is 3.77. The minimum Gasteiger partial charge on any atom is -0.356 e. The third-order valence-electron chi connectivity index (χ3n) is 2.77. The Morgan fingerprint density at radius 2 is 2.05 bits per heavy atom. The molecule has 0 unspecified atom stereocenters. The minimum atomic E-state index is 0.577. The highest BCUT2D eigenvalue weighted by Crippen LogP contribution is 2.23. The van der Waals surface area contributed by atoms with Crippen LogP contribution in [-0.2, 0) is 0 Å². The molecule has 0 aliphatic heterocycles. The Hall–Kier alpha value is -1.70. The Labute approximate surface area is 134 Å². The zero-order valence-electron chi connectivity index (χ0n) is 12.1. The maximum Gasteiger partial charge on any atom is 0.202 e. The summed E-state index contributed by atoms with van der Waals surface area (Å²) in [6, 6.07) is 10.1. The SMILES string of the molecule is C[NH+](C)CCNC(=S)NNc1nc(-c2ccccc2)cs1. The van der Waals surface area contributed by atoms with E-state index in [9.17, 15) is 0 Å². The molecule has 7 heteroatoms. The molecule has 2 aromatic rings. The fourth-order valence-corrected chi connectivity index (χ4v) is 2.48. The van der Waals surface area contributed by atoms with Gasteiger partial charge >= 0.3 is 0 Å². The molecule has 21 heavy (non-hydrogen) atoms. The number of hydrogen-bond acceptors (Lipinski definition) is 4. The minimum absolute atomic E-state index is 0.577. The van der Waals surface area contributed by atoms with Crippen LogP contribution in [0.2, 0.25) is 0 Å². The number of hydrogen-bond donors (Lipinski definition) is 4. The zero-order chi connectivity index (χ0) is 15.1. The molecule has 1 heterocycles. The van der Waals surface area contributed by atoms with Crippen LogP contribution in [0.1, 0.15) is 0 Å². The molecule has 5 nitrogen and oxygen atoms in total. The largest absolute Gasteiger partial charge is 0.356 e. The summed E-state index contributed by atoms with van der Waals surface area (Å²) in [5.74, 6) is 0. The van der Waals surface area contributed by atoms with Gasteiger partial charge < -0.3 is 10.2 Å². The highest BCUT2D eigenvalue weighted by Gasteiger charge is 2.04. The maximum absolute atomic E-state index is 5.19. The number of benzene rings is 1. The first-order valence-electron chi connectivity index (χ1n) is 6.75. The van der Waals surface area contributed by atoms with E-state index in [0.717, 1.165) is 29.5 Å². The van der Waals surface area contributed by atoms with Crippen molar-refractivity contribution in [2.75, 3.05) is 32.6 Å². The number of rotatable bonds is 6. The second-order valence-corrected chi connectivity index (χ2v) is 6.13. The van der Waals surface area contributed by atoms with E-state index in [0.29, 0.717) is 5.11 Å². The van der Waals surface area contributed by atoms with Crippen LogP contribution in [0.4, 0.5) is 5.13 Å². The van der Waals surface area contributed by atoms with Crippen molar-refractivity contribution in [1.29, 1.82) is 0 Å². The molecule has 0 spiro atoms. The summed E-state index contributed by atoms with van der Waals surface area (Å²) in [5.41, 5.74) is 8.03. The number of anilines is 1. The number of quaternary nitrogens is 1. The molecule has 0 radical (unpaired) electrons. The van der Waals surface area contributed by atoms with E-state index in [1.54, 1.807) is 0 Å². The van der Waals surface area contributed by atoms with Gasteiger partial charge in [-0.15, -0.1) is 11.3 Å². The van der Waals surface area contributed by atoms with Crippen LogP contribution in [0.3, 0.4) is 0 Å². The molecule has 1 aromatic carbocycles. The number of nitrogens with one attached hydrogen (secondary N) is 4. The van der Waals surface area contributed by atoms with Crippen molar-refractivity contribution >= 4 is 33.8 Å². The standard InChI is InChI=1S/C14H19N5S2/c1-19(2)9-8-15-13(20)17-18-14-16-12(10-21-14)11-6-4-3-5-7-11/h3-7,10H,8-9H2,1-2H3,(H,16,18)(H2,15,17,20)/p+1. The fraction of sp³-hybridized carbons (Fsp3) is 0.286. The Kier molecular flexibility index (Phi) is 5.91. The van der Waals surface area contributed by atoms with E-state index in [2.05, 4.69) is 35.2 Å². The Bertz CT molecular complexity index is 568. The molecule has 0 atom stereocenters. The smallest absolute Gasteiger partial charge is 0.202 e. The van der Waals surface area contributed by atoms with Crippen molar-refractivity contribution in [3.63, 3.8) is 0 Å². The van der Waals surface area contributed by atoms with E-state index in [1.165, 1.54) is 16.2 Å². The number of nitrogens with zero attached hydrogens (tertiary/aromatic N) is 1. The molecule has 1 aromatic heterocycles. The normalized spacial score (nSPS) is 10.4. The Morgan fingerprint density at radius 3 is 2.76 bits per heavy atom. The highest BCUT2D eigenvalue weighted by molar-refractivity contribution is 7.80. The molecule has 0 aliphatic carbocycles. The maximum atomic E-state index is 5.19. The summed E-state index contributed by atoms with van der Waals surface area (Å²) >= 11 is 6.73. The van der Waals surface area contributed by atoms with Gasteiger partial charge in [-0.25, -0.2) is 4.98 Å². The molecule has 0 amide bonds. The summed E-state index contributed by atoms with van der Waals surface area (Å²) in [6.07, 6.45) is 0. The lowest BCUT2D eigenvalue weighted by atomic mass is 10.2. The van der Waals surface area contributed by atoms with Gasteiger partial charge in [0.1, 0.15) is 0 Å². The number of hydrazine groups is 1. The molecule has 2 rings (SSSR count). The van der Waals surface area contributed by atoms with Gasteiger partial charge in [-0.1, -0.05) is 30.3 Å². The van der Waals surface area contributed by atoms with Gasteiger partial charge in [0.05, 0.1) is 32.9 Å². The predicted octanol–water partition coefficient (Wildman–Crippen LogP) is 0.746. The van der Waals surface area contributed by atoms with E-state index < -0.39 is 0 Å². The molecule has 0 bridgehead atoms. The van der Waals surface area contributed by atoms with Crippen molar-refractivity contribution in [3.8, 4) is 11.3 Å². The molecule has 0 saturated carbocycles. The lowest BCUT2D eigenvalue weighted by molar-refractivity contribution is -0.856. The topological polar surface area (TPSA) is 53.4 Å². The zero-order valence-corrected chi connectivity index (χ0v) is 13.8. The Balaban J connectivity index is 1.79. The van der Waals surface area contributed by atoms with Gasteiger partial charge in [0, 0.05) is 10.9 Å². The summed E-state index contributed by atoms with van der Waals surface area (Å²) in [6.45, 7) is 1.85. The van der Waals surface area contributed by atoms with Crippen LogP contribution in [0.5, 0.6) is 0 Å². The van der Waals surface area contributed by atoms with Gasteiger partial charge in [-0.05, 0) is 12.2 Å². The molecule has 0 saturated heterocycles. The average Bonchev–Trinajstić information content (AvgIpc) is 2.94. The van der Waals surface area contributed by atoms with Gasteiger partial charge in [-0.2, -0.15) is 0 Å². The molecule has 112 valence electrons. The number of aromatic nitrogens is 1. The van der Waals surface area contributed by atoms with Crippen LogP contribution in [-0.4, -0.2) is 37.3 Å². The molecular weight excluding hydrogens is 302 g/mol. The fourth-order valence-electron chi connectivity index (χ4n) is 1.65. The van der Waals surface area contributed by atoms with Crippen molar-refractivity contribution in [3.05, 3.63) is 35.7 Å². The number of thiocarbonyl (C=S) groups is 1. The van der Waals surface area contributed by atoms with E-state index in [4.69, 9.17) is 12.2 Å². The number of likely N-dealkylation sites (N-methyl/N-ethyl adjacent to an activating group) is 1. The summed E-state index contributed by atoms with van der Waals surface area (Å²) < 4.78 is 0. The van der Waals surface area contributed by atoms with Crippen molar-refractivity contribution < 1.29 is 4.90 Å². The monoisotopic (exact) mass is 322 g/mol. The van der Waals surface area contributed by atoms with Gasteiger partial charge in [0.25, 0.3) is 0 Å². The summed E-state index contributed by atoms with van der Waals surface area (Å²) in [4.78, 5) is 5.89. The van der Waals surface area contributed by atoms with Crippen molar-refractivity contribution in [2.24, 2.45) is 0 Å². The molecule has 0 aliphatic rings.